The average molecular weight is 269 g/mol. The summed E-state index contributed by atoms with van der Waals surface area (Å²) in [5.74, 6) is 0. The molecule has 0 bridgehead atoms. The minimum absolute atomic E-state index is 0.0769. The fraction of sp³-hybridized carbons (Fsp3) is 0.750. The molecule has 1 saturated heterocycles. The standard InChI is InChI=1S/C12H19N3O4/c1-3-4-5-6-14-10(16)13(2)11(17)15(12(14)18)7-9-8-19-9/h9H,3-8H2,1-2H3. The number of hydrogen-bond acceptors (Lipinski definition) is 4. The summed E-state index contributed by atoms with van der Waals surface area (Å²) in [5, 5.41) is 0. The summed E-state index contributed by atoms with van der Waals surface area (Å²) in [6.07, 6.45) is 2.63. The zero-order valence-electron chi connectivity index (χ0n) is 11.3. The zero-order chi connectivity index (χ0) is 14.0. The van der Waals surface area contributed by atoms with Gasteiger partial charge in [-0.1, -0.05) is 19.8 Å². The number of aromatic nitrogens is 3. The van der Waals surface area contributed by atoms with Crippen LogP contribution in [0.4, 0.5) is 0 Å². The molecular formula is C12H19N3O4. The second kappa shape index (κ2) is 5.56. The number of ether oxygens (including phenoxy) is 1. The van der Waals surface area contributed by atoms with Crippen molar-refractivity contribution < 1.29 is 4.74 Å². The minimum Gasteiger partial charge on any atom is -0.371 e. The van der Waals surface area contributed by atoms with E-state index in [1.165, 1.54) is 7.05 Å². The van der Waals surface area contributed by atoms with Crippen molar-refractivity contribution in [3.05, 3.63) is 31.5 Å². The Morgan fingerprint density at radius 2 is 1.74 bits per heavy atom. The largest absolute Gasteiger partial charge is 0.371 e. The van der Waals surface area contributed by atoms with Crippen molar-refractivity contribution in [3.8, 4) is 0 Å². The van der Waals surface area contributed by atoms with Crippen molar-refractivity contribution in [2.24, 2.45) is 7.05 Å². The van der Waals surface area contributed by atoms with Crippen molar-refractivity contribution >= 4 is 0 Å². The minimum atomic E-state index is -0.572. The summed E-state index contributed by atoms with van der Waals surface area (Å²) in [6.45, 7) is 3.18. The molecule has 1 aromatic rings. The summed E-state index contributed by atoms with van der Waals surface area (Å²) in [4.78, 5) is 36.0. The van der Waals surface area contributed by atoms with Crippen LogP contribution in [0.25, 0.3) is 0 Å². The van der Waals surface area contributed by atoms with Crippen LogP contribution in [0.15, 0.2) is 14.4 Å². The quantitative estimate of drug-likeness (QED) is 0.505. The number of nitrogens with zero attached hydrogens (tertiary/aromatic N) is 3. The van der Waals surface area contributed by atoms with E-state index in [1.807, 2.05) is 6.92 Å². The fourth-order valence-corrected chi connectivity index (χ4v) is 2.00. The summed E-state index contributed by atoms with van der Waals surface area (Å²) in [7, 11) is 1.39. The number of rotatable bonds is 6. The Balaban J connectivity index is 2.41. The molecule has 1 aliphatic heterocycles. The highest BCUT2D eigenvalue weighted by Gasteiger charge is 2.25. The third-order valence-corrected chi connectivity index (χ3v) is 3.27. The predicted molar refractivity (Wildman–Crippen MR) is 69.5 cm³/mol. The molecule has 0 aromatic carbocycles. The Hall–Kier alpha value is -1.63. The zero-order valence-corrected chi connectivity index (χ0v) is 11.3. The van der Waals surface area contributed by atoms with E-state index in [2.05, 4.69) is 0 Å². The first-order valence-corrected chi connectivity index (χ1v) is 6.58. The van der Waals surface area contributed by atoms with Gasteiger partial charge in [0.15, 0.2) is 0 Å². The predicted octanol–water partition coefficient (Wildman–Crippen LogP) is -0.702. The average Bonchev–Trinajstić information content (AvgIpc) is 3.20. The summed E-state index contributed by atoms with van der Waals surface area (Å²) >= 11 is 0. The van der Waals surface area contributed by atoms with Gasteiger partial charge in [-0.15, -0.1) is 0 Å². The van der Waals surface area contributed by atoms with Gasteiger partial charge in [0.2, 0.25) is 0 Å². The van der Waals surface area contributed by atoms with Crippen molar-refractivity contribution in [2.45, 2.75) is 45.4 Å². The third kappa shape index (κ3) is 2.86. The maximum absolute atomic E-state index is 12.2. The third-order valence-electron chi connectivity index (χ3n) is 3.27. The molecule has 1 aromatic heterocycles. The summed E-state index contributed by atoms with van der Waals surface area (Å²) in [5.41, 5.74) is -1.64. The van der Waals surface area contributed by atoms with E-state index in [4.69, 9.17) is 4.74 Å². The van der Waals surface area contributed by atoms with Gasteiger partial charge in [-0.05, 0) is 6.42 Å². The highest BCUT2D eigenvalue weighted by molar-refractivity contribution is 4.81. The first kappa shape index (κ1) is 13.8. The molecule has 7 heteroatoms. The lowest BCUT2D eigenvalue weighted by Gasteiger charge is -2.10. The molecule has 2 heterocycles. The SMILES string of the molecule is CCCCCn1c(=O)n(C)c(=O)n(CC2CO2)c1=O. The molecule has 0 amide bonds. The summed E-state index contributed by atoms with van der Waals surface area (Å²) in [6, 6.07) is 0. The lowest BCUT2D eigenvalue weighted by molar-refractivity contribution is 0.361. The number of unbranched alkanes of at least 4 members (excludes halogenated alkanes) is 2. The Morgan fingerprint density at radius 3 is 2.32 bits per heavy atom. The van der Waals surface area contributed by atoms with Gasteiger partial charge in [0.05, 0.1) is 19.3 Å². The Kier molecular flexibility index (Phi) is 4.04. The van der Waals surface area contributed by atoms with E-state index in [-0.39, 0.29) is 12.6 Å². The van der Waals surface area contributed by atoms with Gasteiger partial charge in [0, 0.05) is 13.6 Å². The van der Waals surface area contributed by atoms with E-state index < -0.39 is 17.1 Å². The molecule has 0 radical (unpaired) electrons. The van der Waals surface area contributed by atoms with Gasteiger partial charge in [-0.25, -0.2) is 28.1 Å². The second-order valence-electron chi connectivity index (χ2n) is 4.83. The van der Waals surface area contributed by atoms with Crippen LogP contribution < -0.4 is 17.1 Å². The van der Waals surface area contributed by atoms with Crippen LogP contribution >= 0.6 is 0 Å². The first-order valence-electron chi connectivity index (χ1n) is 6.58. The lowest BCUT2D eigenvalue weighted by atomic mass is 10.2. The van der Waals surface area contributed by atoms with Crippen LogP contribution in [0, 0.1) is 0 Å². The fourth-order valence-electron chi connectivity index (χ4n) is 2.00. The molecule has 106 valence electrons. The van der Waals surface area contributed by atoms with Crippen molar-refractivity contribution in [3.63, 3.8) is 0 Å². The Labute approximate surface area is 110 Å². The molecule has 1 unspecified atom stereocenters. The normalized spacial score (nSPS) is 17.7. The van der Waals surface area contributed by atoms with Crippen LogP contribution in [0.1, 0.15) is 26.2 Å². The smallest absolute Gasteiger partial charge is 0.336 e. The number of epoxide rings is 1. The second-order valence-corrected chi connectivity index (χ2v) is 4.83. The van der Waals surface area contributed by atoms with Crippen LogP contribution in [0.2, 0.25) is 0 Å². The van der Waals surface area contributed by atoms with Crippen molar-refractivity contribution in [2.75, 3.05) is 6.61 Å². The van der Waals surface area contributed by atoms with E-state index in [1.54, 1.807) is 0 Å². The molecule has 19 heavy (non-hydrogen) atoms. The molecule has 0 N–H and O–H groups in total. The topological polar surface area (TPSA) is 78.5 Å². The number of hydrogen-bond donors (Lipinski definition) is 0. The Morgan fingerprint density at radius 1 is 1.11 bits per heavy atom. The maximum atomic E-state index is 12.2. The van der Waals surface area contributed by atoms with Crippen molar-refractivity contribution in [1.29, 1.82) is 0 Å². The maximum Gasteiger partial charge on any atom is 0.336 e. The van der Waals surface area contributed by atoms with Gasteiger partial charge in [-0.2, -0.15) is 0 Å². The van der Waals surface area contributed by atoms with Gasteiger partial charge in [0.1, 0.15) is 0 Å². The molecule has 0 spiro atoms. The first-order chi connectivity index (χ1) is 9.06. The lowest BCUT2D eigenvalue weighted by Crippen LogP contribution is -2.54. The molecule has 1 atom stereocenters. The molecule has 7 nitrogen and oxygen atoms in total. The molecule has 1 fully saturated rings. The molecule has 0 saturated carbocycles. The van der Waals surface area contributed by atoms with Crippen molar-refractivity contribution in [1.82, 2.24) is 13.7 Å². The molecule has 2 rings (SSSR count). The van der Waals surface area contributed by atoms with E-state index in [0.717, 1.165) is 33.0 Å². The van der Waals surface area contributed by atoms with Crippen LogP contribution in [0.5, 0.6) is 0 Å². The molecular weight excluding hydrogens is 250 g/mol. The van der Waals surface area contributed by atoms with E-state index in [0.29, 0.717) is 13.2 Å². The van der Waals surface area contributed by atoms with Crippen LogP contribution in [-0.4, -0.2) is 26.4 Å². The monoisotopic (exact) mass is 269 g/mol. The van der Waals surface area contributed by atoms with E-state index >= 15 is 0 Å². The van der Waals surface area contributed by atoms with Gasteiger partial charge in [-0.3, -0.25) is 0 Å². The van der Waals surface area contributed by atoms with Gasteiger partial charge < -0.3 is 4.74 Å². The van der Waals surface area contributed by atoms with Crippen LogP contribution in [-0.2, 0) is 24.9 Å². The molecule has 1 aliphatic rings. The van der Waals surface area contributed by atoms with Gasteiger partial charge >= 0.3 is 17.1 Å². The summed E-state index contributed by atoms with van der Waals surface area (Å²) < 4.78 is 8.24. The Bertz CT molecular complexity index is 621. The molecule has 0 aliphatic carbocycles. The van der Waals surface area contributed by atoms with Gasteiger partial charge in [0.25, 0.3) is 0 Å². The van der Waals surface area contributed by atoms with Crippen LogP contribution in [0.3, 0.4) is 0 Å². The highest BCUT2D eigenvalue weighted by Crippen LogP contribution is 2.08. The van der Waals surface area contributed by atoms with E-state index in [9.17, 15) is 14.4 Å². The highest BCUT2D eigenvalue weighted by atomic mass is 16.6.